The van der Waals surface area contributed by atoms with Crippen molar-refractivity contribution in [2.45, 2.75) is 25.6 Å². The van der Waals surface area contributed by atoms with Gasteiger partial charge in [-0.3, -0.25) is 9.48 Å². The van der Waals surface area contributed by atoms with Gasteiger partial charge in [-0.1, -0.05) is 11.6 Å². The van der Waals surface area contributed by atoms with E-state index in [1.54, 1.807) is 22.8 Å². The molecule has 1 aliphatic rings. The highest BCUT2D eigenvalue weighted by Crippen LogP contribution is 2.34. The fourth-order valence-corrected chi connectivity index (χ4v) is 3.66. The summed E-state index contributed by atoms with van der Waals surface area (Å²) in [5.41, 5.74) is 0.0832. The van der Waals surface area contributed by atoms with E-state index >= 15 is 0 Å². The number of amides is 1. The van der Waals surface area contributed by atoms with Gasteiger partial charge >= 0.3 is 6.18 Å². The van der Waals surface area contributed by atoms with Crippen LogP contribution in [0.15, 0.2) is 24.7 Å². The van der Waals surface area contributed by atoms with Crippen molar-refractivity contribution in [3.63, 3.8) is 0 Å². The minimum Gasteiger partial charge on any atom is -0.355 e. The highest BCUT2D eigenvalue weighted by molar-refractivity contribution is 6.33. The zero-order valence-corrected chi connectivity index (χ0v) is 16.3. The van der Waals surface area contributed by atoms with E-state index in [9.17, 15) is 18.0 Å². The first kappa shape index (κ1) is 20.4. The summed E-state index contributed by atoms with van der Waals surface area (Å²) < 4.78 is 40.0. The molecular weight excluding hydrogens is 395 g/mol. The summed E-state index contributed by atoms with van der Waals surface area (Å²) in [6.07, 6.45) is 1.09. The van der Waals surface area contributed by atoms with Gasteiger partial charge < -0.3 is 9.80 Å². The van der Waals surface area contributed by atoms with E-state index in [2.05, 4.69) is 10.1 Å². The number of halogens is 4. The van der Waals surface area contributed by atoms with E-state index in [4.69, 9.17) is 11.6 Å². The summed E-state index contributed by atoms with van der Waals surface area (Å²) in [6.45, 7) is 1.50. The van der Waals surface area contributed by atoms with Gasteiger partial charge in [0.05, 0.1) is 16.8 Å². The van der Waals surface area contributed by atoms with E-state index in [1.807, 2.05) is 18.1 Å². The number of carbonyl (C=O) groups is 1. The molecule has 1 saturated heterocycles. The molecular formula is C18H21ClF3N5O. The zero-order valence-electron chi connectivity index (χ0n) is 15.6. The number of rotatable bonds is 4. The molecule has 0 unspecified atom stereocenters. The number of carbonyl (C=O) groups excluding carboxylic acids is 1. The van der Waals surface area contributed by atoms with Crippen molar-refractivity contribution in [3.8, 4) is 0 Å². The molecule has 0 N–H and O–H groups in total. The van der Waals surface area contributed by atoms with Crippen LogP contribution < -0.4 is 4.90 Å². The highest BCUT2D eigenvalue weighted by atomic mass is 35.5. The third-order valence-electron chi connectivity index (χ3n) is 4.85. The van der Waals surface area contributed by atoms with Crippen LogP contribution >= 0.6 is 11.6 Å². The number of anilines is 1. The minimum atomic E-state index is -4.48. The van der Waals surface area contributed by atoms with Crippen LogP contribution in [0.1, 0.15) is 24.0 Å². The second-order valence-corrected chi connectivity index (χ2v) is 7.41. The van der Waals surface area contributed by atoms with Crippen molar-refractivity contribution in [1.29, 1.82) is 0 Å². The first-order valence-corrected chi connectivity index (χ1v) is 9.23. The van der Waals surface area contributed by atoms with Crippen molar-refractivity contribution in [2.75, 3.05) is 25.0 Å². The lowest BCUT2D eigenvalue weighted by Gasteiger charge is -2.34. The average Bonchev–Trinajstić information content (AvgIpc) is 3.05. The standard InChI is InChI=1S/C18H21ClF3N5O/c1-25(10-12-8-24-26(2)11-12)17(28)13-3-5-27(6-4-13)16-15(19)7-14(9-23-16)18(20,21)22/h7-9,11,13H,3-6,10H2,1-2H3. The third-order valence-corrected chi connectivity index (χ3v) is 5.13. The van der Waals surface area contributed by atoms with E-state index in [1.165, 1.54) is 0 Å². The number of hydrogen-bond acceptors (Lipinski definition) is 4. The lowest BCUT2D eigenvalue weighted by Crippen LogP contribution is -2.41. The molecule has 2 aromatic rings. The maximum atomic E-state index is 12.8. The summed E-state index contributed by atoms with van der Waals surface area (Å²) in [5, 5.41) is 4.06. The quantitative estimate of drug-likeness (QED) is 0.768. The summed E-state index contributed by atoms with van der Waals surface area (Å²) in [6, 6.07) is 0.892. The molecule has 0 aromatic carbocycles. The van der Waals surface area contributed by atoms with Crippen LogP contribution in [-0.2, 0) is 24.6 Å². The van der Waals surface area contributed by atoms with E-state index < -0.39 is 11.7 Å². The predicted octanol–water partition coefficient (Wildman–Crippen LogP) is 3.36. The summed E-state index contributed by atoms with van der Waals surface area (Å²) in [4.78, 5) is 20.1. The lowest BCUT2D eigenvalue weighted by molar-refractivity contribution is -0.138. The Bertz CT molecular complexity index is 846. The second-order valence-electron chi connectivity index (χ2n) is 7.01. The molecule has 0 atom stereocenters. The van der Waals surface area contributed by atoms with Gasteiger partial charge in [-0.2, -0.15) is 18.3 Å². The van der Waals surface area contributed by atoms with Crippen molar-refractivity contribution in [1.82, 2.24) is 19.7 Å². The van der Waals surface area contributed by atoms with Crippen molar-refractivity contribution >= 4 is 23.3 Å². The molecule has 1 amide bonds. The van der Waals surface area contributed by atoms with Gasteiger partial charge in [0.15, 0.2) is 0 Å². The molecule has 10 heteroatoms. The van der Waals surface area contributed by atoms with Crippen LogP contribution in [0, 0.1) is 5.92 Å². The molecule has 0 saturated carbocycles. The van der Waals surface area contributed by atoms with Gasteiger partial charge in [-0.15, -0.1) is 0 Å². The van der Waals surface area contributed by atoms with Crippen LogP contribution in [0.25, 0.3) is 0 Å². The number of hydrogen-bond donors (Lipinski definition) is 0. The van der Waals surface area contributed by atoms with Gasteiger partial charge in [-0.05, 0) is 18.9 Å². The predicted molar refractivity (Wildman–Crippen MR) is 98.9 cm³/mol. The third kappa shape index (κ3) is 4.57. The van der Waals surface area contributed by atoms with Crippen LogP contribution in [0.4, 0.5) is 19.0 Å². The number of nitrogens with zero attached hydrogens (tertiary/aromatic N) is 5. The van der Waals surface area contributed by atoms with Crippen LogP contribution in [0.2, 0.25) is 5.02 Å². The topological polar surface area (TPSA) is 54.3 Å². The van der Waals surface area contributed by atoms with Crippen LogP contribution in [0.5, 0.6) is 0 Å². The van der Waals surface area contributed by atoms with Gasteiger partial charge in [0.25, 0.3) is 0 Å². The Kier molecular flexibility index (Phi) is 5.83. The van der Waals surface area contributed by atoms with Crippen LogP contribution in [0.3, 0.4) is 0 Å². The molecule has 3 heterocycles. The normalized spacial score (nSPS) is 15.7. The SMILES string of the molecule is CN(Cc1cnn(C)c1)C(=O)C1CCN(c2ncc(C(F)(F)F)cc2Cl)CC1. The number of aryl methyl sites for hydroxylation is 1. The Labute approximate surface area is 165 Å². The summed E-state index contributed by atoms with van der Waals surface area (Å²) in [7, 11) is 3.58. The van der Waals surface area contributed by atoms with Crippen LogP contribution in [-0.4, -0.2) is 45.7 Å². The maximum absolute atomic E-state index is 12.8. The molecule has 0 bridgehead atoms. The molecule has 1 fully saturated rings. The lowest BCUT2D eigenvalue weighted by atomic mass is 9.95. The average molecular weight is 416 g/mol. The molecule has 2 aromatic heterocycles. The molecule has 6 nitrogen and oxygen atoms in total. The summed E-state index contributed by atoms with van der Waals surface area (Å²) >= 11 is 6.02. The monoisotopic (exact) mass is 415 g/mol. The highest BCUT2D eigenvalue weighted by Gasteiger charge is 2.33. The van der Waals surface area contributed by atoms with Gasteiger partial charge in [0.2, 0.25) is 5.91 Å². The molecule has 3 rings (SSSR count). The molecule has 0 radical (unpaired) electrons. The smallest absolute Gasteiger partial charge is 0.355 e. The largest absolute Gasteiger partial charge is 0.417 e. The van der Waals surface area contributed by atoms with E-state index in [0.717, 1.165) is 17.8 Å². The summed E-state index contributed by atoms with van der Waals surface area (Å²) in [5.74, 6) is 0.241. The number of pyridine rings is 1. The maximum Gasteiger partial charge on any atom is 0.417 e. The fourth-order valence-electron chi connectivity index (χ4n) is 3.37. The minimum absolute atomic E-state index is 0.0340. The fraction of sp³-hybridized carbons (Fsp3) is 0.500. The van der Waals surface area contributed by atoms with Gasteiger partial charge in [0, 0.05) is 57.6 Å². The van der Waals surface area contributed by atoms with Gasteiger partial charge in [-0.25, -0.2) is 4.98 Å². The van der Waals surface area contributed by atoms with Crippen molar-refractivity contribution < 1.29 is 18.0 Å². The number of piperidine rings is 1. The Morgan fingerprint density at radius 1 is 1.32 bits per heavy atom. The molecule has 0 spiro atoms. The van der Waals surface area contributed by atoms with Crippen molar-refractivity contribution in [3.05, 3.63) is 40.8 Å². The number of aromatic nitrogens is 3. The molecule has 152 valence electrons. The molecule has 1 aliphatic heterocycles. The number of alkyl halides is 3. The Hall–Kier alpha value is -2.29. The van der Waals surface area contributed by atoms with E-state index in [0.29, 0.717) is 38.3 Å². The first-order chi connectivity index (χ1) is 13.1. The zero-order chi connectivity index (χ0) is 20.5. The first-order valence-electron chi connectivity index (χ1n) is 8.85. The Morgan fingerprint density at radius 2 is 2.00 bits per heavy atom. The second kappa shape index (κ2) is 7.98. The Morgan fingerprint density at radius 3 is 2.54 bits per heavy atom. The Balaban J connectivity index is 1.59. The van der Waals surface area contributed by atoms with Crippen molar-refractivity contribution in [2.24, 2.45) is 13.0 Å². The molecule has 28 heavy (non-hydrogen) atoms. The van der Waals surface area contributed by atoms with E-state index in [-0.39, 0.29) is 16.8 Å². The molecule has 0 aliphatic carbocycles. The van der Waals surface area contributed by atoms with Gasteiger partial charge in [0.1, 0.15) is 5.82 Å².